The average molecular weight is 272 g/mol. The molecule has 2 rings (SSSR count). The predicted octanol–water partition coefficient (Wildman–Crippen LogP) is 2.90. The lowest BCUT2D eigenvalue weighted by Gasteiger charge is -2.20. The summed E-state index contributed by atoms with van der Waals surface area (Å²) in [4.78, 5) is -0.0741. The van der Waals surface area contributed by atoms with Crippen molar-refractivity contribution in [2.45, 2.75) is 43.6 Å². The molecular formula is C13H20O4S. The Balaban J connectivity index is 0.000000184. The molecule has 1 aromatic carbocycles. The summed E-state index contributed by atoms with van der Waals surface area (Å²) >= 11 is 0. The fourth-order valence-electron chi connectivity index (χ4n) is 1.72. The Bertz CT molecular complexity index is 422. The molecule has 102 valence electrons. The van der Waals surface area contributed by atoms with Gasteiger partial charge in [0.15, 0.2) is 0 Å². The average Bonchev–Trinajstić information content (AvgIpc) is 2.40. The van der Waals surface area contributed by atoms with Crippen LogP contribution in [0.25, 0.3) is 0 Å². The van der Waals surface area contributed by atoms with Crippen molar-refractivity contribution in [2.75, 3.05) is 6.61 Å². The third-order valence-corrected chi connectivity index (χ3v) is 3.64. The Morgan fingerprint density at radius 3 is 2.28 bits per heavy atom. The van der Waals surface area contributed by atoms with Gasteiger partial charge < -0.3 is 4.74 Å². The van der Waals surface area contributed by atoms with Crippen molar-refractivity contribution in [1.29, 1.82) is 0 Å². The van der Waals surface area contributed by atoms with Gasteiger partial charge >= 0.3 is 0 Å². The summed E-state index contributed by atoms with van der Waals surface area (Å²) in [5.41, 5.74) is 0. The molecule has 1 saturated heterocycles. The van der Waals surface area contributed by atoms with Crippen LogP contribution in [-0.2, 0) is 14.9 Å². The maximum absolute atomic E-state index is 10.4. The Labute approximate surface area is 109 Å². The normalized spacial score (nSPS) is 19.8. The highest BCUT2D eigenvalue weighted by Gasteiger charge is 2.09. The molecule has 4 nitrogen and oxygen atoms in total. The third kappa shape index (κ3) is 5.62. The molecule has 0 spiro atoms. The zero-order valence-electron chi connectivity index (χ0n) is 10.6. The van der Waals surface area contributed by atoms with Gasteiger partial charge in [-0.1, -0.05) is 25.1 Å². The Hall–Kier alpha value is -0.910. The van der Waals surface area contributed by atoms with Crippen molar-refractivity contribution in [3.05, 3.63) is 30.3 Å². The minimum atomic E-state index is -4.00. The molecule has 1 heterocycles. The molecule has 1 unspecified atom stereocenters. The first kappa shape index (κ1) is 15.1. The zero-order chi connectivity index (χ0) is 13.4. The van der Waals surface area contributed by atoms with Gasteiger partial charge in [0.2, 0.25) is 0 Å². The van der Waals surface area contributed by atoms with Gasteiger partial charge in [0, 0.05) is 6.61 Å². The van der Waals surface area contributed by atoms with E-state index in [-0.39, 0.29) is 4.90 Å². The van der Waals surface area contributed by atoms with E-state index in [9.17, 15) is 8.42 Å². The lowest BCUT2D eigenvalue weighted by atomic mass is 10.1. The second-order valence-electron chi connectivity index (χ2n) is 4.18. The number of hydrogen-bond donors (Lipinski definition) is 1. The molecule has 1 aromatic rings. The highest BCUT2D eigenvalue weighted by molar-refractivity contribution is 7.85. The first-order valence-electron chi connectivity index (χ1n) is 6.18. The van der Waals surface area contributed by atoms with Gasteiger partial charge in [-0.15, -0.1) is 0 Å². The molecule has 0 amide bonds. The maximum atomic E-state index is 10.4. The topological polar surface area (TPSA) is 63.6 Å². The number of hydrogen-bond acceptors (Lipinski definition) is 3. The van der Waals surface area contributed by atoms with E-state index in [0.29, 0.717) is 6.10 Å². The first-order chi connectivity index (χ1) is 8.54. The van der Waals surface area contributed by atoms with E-state index >= 15 is 0 Å². The molecule has 1 aliphatic rings. The third-order valence-electron chi connectivity index (χ3n) is 2.77. The van der Waals surface area contributed by atoms with Crippen LogP contribution < -0.4 is 0 Å². The van der Waals surface area contributed by atoms with E-state index in [1.165, 1.54) is 37.8 Å². The summed E-state index contributed by atoms with van der Waals surface area (Å²) in [6, 6.07) is 7.42. The van der Waals surface area contributed by atoms with Crippen LogP contribution in [0.1, 0.15) is 32.6 Å². The van der Waals surface area contributed by atoms with Gasteiger partial charge in [-0.3, -0.25) is 4.55 Å². The number of benzene rings is 1. The molecule has 1 fully saturated rings. The monoisotopic (exact) mass is 272 g/mol. The van der Waals surface area contributed by atoms with E-state index < -0.39 is 10.1 Å². The van der Waals surface area contributed by atoms with Crippen molar-refractivity contribution < 1.29 is 17.7 Å². The van der Waals surface area contributed by atoms with Crippen molar-refractivity contribution in [3.8, 4) is 0 Å². The van der Waals surface area contributed by atoms with Crippen molar-refractivity contribution in [3.63, 3.8) is 0 Å². The van der Waals surface area contributed by atoms with Crippen LogP contribution in [0, 0.1) is 0 Å². The van der Waals surface area contributed by atoms with Gasteiger partial charge in [0.1, 0.15) is 0 Å². The van der Waals surface area contributed by atoms with E-state index in [1.54, 1.807) is 18.2 Å². The molecule has 1 atom stereocenters. The van der Waals surface area contributed by atoms with Crippen LogP contribution in [-0.4, -0.2) is 25.7 Å². The quantitative estimate of drug-likeness (QED) is 0.841. The second-order valence-corrected chi connectivity index (χ2v) is 5.61. The molecule has 1 N–H and O–H groups in total. The molecule has 0 saturated carbocycles. The Kier molecular flexibility index (Phi) is 6.32. The maximum Gasteiger partial charge on any atom is 0.294 e. The fraction of sp³-hybridized carbons (Fsp3) is 0.538. The fourth-order valence-corrected chi connectivity index (χ4v) is 2.22. The molecule has 0 aromatic heterocycles. The second kappa shape index (κ2) is 7.51. The summed E-state index contributed by atoms with van der Waals surface area (Å²) in [6.07, 6.45) is 5.72. The molecular weight excluding hydrogens is 252 g/mol. The molecule has 1 aliphatic heterocycles. The van der Waals surface area contributed by atoms with Gasteiger partial charge in [-0.05, 0) is 37.8 Å². The molecule has 5 heteroatoms. The van der Waals surface area contributed by atoms with Gasteiger partial charge in [0.25, 0.3) is 10.1 Å². The summed E-state index contributed by atoms with van der Waals surface area (Å²) in [7, 11) is -4.00. The zero-order valence-corrected chi connectivity index (χ0v) is 11.4. The summed E-state index contributed by atoms with van der Waals surface area (Å²) < 4.78 is 34.7. The molecule has 0 bridgehead atoms. The Morgan fingerprint density at radius 1 is 1.28 bits per heavy atom. The standard InChI is InChI=1S/C7H14O.C6H6O3S/c1-2-7-5-3-4-6-8-7;7-10(8,9)6-4-2-1-3-5-6/h7H,2-6H2,1H3;1-5H,(H,7,8,9). The Morgan fingerprint density at radius 2 is 1.94 bits per heavy atom. The van der Waals surface area contributed by atoms with Crippen molar-refractivity contribution >= 4 is 10.1 Å². The van der Waals surface area contributed by atoms with Crippen LogP contribution in [0.15, 0.2) is 35.2 Å². The smallest absolute Gasteiger partial charge is 0.294 e. The molecule has 18 heavy (non-hydrogen) atoms. The number of ether oxygens (including phenoxy) is 1. The lowest BCUT2D eigenvalue weighted by Crippen LogP contribution is -2.17. The SMILES string of the molecule is CCC1CCCCO1.O=S(=O)(O)c1ccccc1. The molecule has 0 aliphatic carbocycles. The summed E-state index contributed by atoms with van der Waals surface area (Å²) in [6.45, 7) is 3.19. The van der Waals surface area contributed by atoms with Crippen LogP contribution in [0.5, 0.6) is 0 Å². The van der Waals surface area contributed by atoms with Gasteiger partial charge in [0.05, 0.1) is 11.0 Å². The van der Waals surface area contributed by atoms with Crippen LogP contribution in [0.2, 0.25) is 0 Å². The van der Waals surface area contributed by atoms with Crippen LogP contribution in [0.4, 0.5) is 0 Å². The van der Waals surface area contributed by atoms with Crippen LogP contribution in [0.3, 0.4) is 0 Å². The van der Waals surface area contributed by atoms with E-state index in [0.717, 1.165) is 6.61 Å². The van der Waals surface area contributed by atoms with E-state index in [1.807, 2.05) is 0 Å². The highest BCUT2D eigenvalue weighted by Crippen LogP contribution is 2.14. The minimum Gasteiger partial charge on any atom is -0.378 e. The van der Waals surface area contributed by atoms with Crippen molar-refractivity contribution in [1.82, 2.24) is 0 Å². The largest absolute Gasteiger partial charge is 0.378 e. The summed E-state index contributed by atoms with van der Waals surface area (Å²) in [5.74, 6) is 0. The number of rotatable bonds is 2. The minimum absolute atomic E-state index is 0.0741. The van der Waals surface area contributed by atoms with Gasteiger partial charge in [-0.25, -0.2) is 0 Å². The predicted molar refractivity (Wildman–Crippen MR) is 70.1 cm³/mol. The highest BCUT2D eigenvalue weighted by atomic mass is 32.2. The van der Waals surface area contributed by atoms with E-state index in [4.69, 9.17) is 9.29 Å². The van der Waals surface area contributed by atoms with Gasteiger partial charge in [-0.2, -0.15) is 8.42 Å². The first-order valence-corrected chi connectivity index (χ1v) is 7.62. The van der Waals surface area contributed by atoms with Crippen LogP contribution >= 0.6 is 0 Å². The lowest BCUT2D eigenvalue weighted by molar-refractivity contribution is 0.0143. The van der Waals surface area contributed by atoms with Crippen molar-refractivity contribution in [2.24, 2.45) is 0 Å². The van der Waals surface area contributed by atoms with E-state index in [2.05, 4.69) is 6.92 Å². The molecule has 0 radical (unpaired) electrons. The summed E-state index contributed by atoms with van der Waals surface area (Å²) in [5, 5.41) is 0.